The number of rotatable bonds is 7. The maximum atomic E-state index is 10.5. The van der Waals surface area contributed by atoms with Crippen LogP contribution in [-0.4, -0.2) is 59.7 Å². The summed E-state index contributed by atoms with van der Waals surface area (Å²) in [6, 6.07) is 11.8. The van der Waals surface area contributed by atoms with Gasteiger partial charge >= 0.3 is 0 Å². The Morgan fingerprint density at radius 1 is 0.846 bits per heavy atom. The molecule has 0 saturated carbocycles. The molecule has 0 bridgehead atoms. The monoisotopic (exact) mass is 534 g/mol. The molecule has 0 spiro atoms. The zero-order chi connectivity index (χ0) is 25.5. The average molecular weight is 535 g/mol. The number of carbonyl (C=O) groups is 1. The quantitative estimate of drug-likeness (QED) is 0.256. The molecule has 0 radical (unpaired) electrons. The number of hydrogen-bond donors (Lipinski definition) is 4. The molecular formula is C28H38N8O3. The summed E-state index contributed by atoms with van der Waals surface area (Å²) < 4.78 is 11.3. The average Bonchev–Trinajstić information content (AvgIpc) is 3.64. The summed E-state index contributed by atoms with van der Waals surface area (Å²) >= 11 is 0. The van der Waals surface area contributed by atoms with E-state index in [1.54, 1.807) is 12.7 Å². The van der Waals surface area contributed by atoms with Gasteiger partial charge < -0.3 is 39.9 Å². The number of ether oxygens (including phenoxy) is 2. The molecular weight excluding hydrogens is 496 g/mol. The van der Waals surface area contributed by atoms with Crippen molar-refractivity contribution in [3.05, 3.63) is 72.8 Å². The standard InChI is InChI=1S/C13H14N4O2.C13H16N4O.2CH4/c18-9-16-10-1-2-13-12(5-10)17(3-4-19-13)7-11-6-14-8-15-11;1-14-10-2-3-13-12(6-10)17(4-5-18-13)8-11-7-15-9-16-11;;/h1-2,5-6,8-9H,3-4,7H2,(H,14,15)(H,16,18);2-3,6-7,9,14H,4-5,8H2,1H3,(H,15,16);2*1H4. The first-order chi connectivity index (χ1) is 18.2. The molecule has 6 rings (SSSR count). The molecule has 4 N–H and O–H groups in total. The number of anilines is 4. The van der Waals surface area contributed by atoms with Gasteiger partial charge in [0.05, 0.1) is 61.6 Å². The number of fused-ring (bicyclic) bond motifs is 2. The maximum absolute atomic E-state index is 10.5. The van der Waals surface area contributed by atoms with Crippen molar-refractivity contribution in [1.29, 1.82) is 0 Å². The number of hydrogen-bond acceptors (Lipinski definition) is 8. The molecule has 0 aliphatic carbocycles. The van der Waals surface area contributed by atoms with Crippen molar-refractivity contribution in [2.75, 3.05) is 53.8 Å². The van der Waals surface area contributed by atoms with Gasteiger partial charge in [-0.2, -0.15) is 0 Å². The Morgan fingerprint density at radius 2 is 1.36 bits per heavy atom. The zero-order valence-corrected chi connectivity index (χ0v) is 20.6. The fraction of sp³-hybridized carbons (Fsp3) is 0.321. The van der Waals surface area contributed by atoms with E-state index in [1.165, 1.54) is 0 Å². The van der Waals surface area contributed by atoms with Gasteiger partial charge in [0.1, 0.15) is 24.7 Å². The van der Waals surface area contributed by atoms with Gasteiger partial charge in [-0.3, -0.25) is 4.79 Å². The molecule has 0 saturated heterocycles. The van der Waals surface area contributed by atoms with E-state index < -0.39 is 0 Å². The van der Waals surface area contributed by atoms with Crippen LogP contribution in [0.5, 0.6) is 11.5 Å². The van der Waals surface area contributed by atoms with Gasteiger partial charge in [-0.15, -0.1) is 0 Å². The summed E-state index contributed by atoms with van der Waals surface area (Å²) in [5.74, 6) is 1.78. The first kappa shape index (κ1) is 28.9. The van der Waals surface area contributed by atoms with Crippen molar-refractivity contribution >= 4 is 29.2 Å². The summed E-state index contributed by atoms with van der Waals surface area (Å²) in [4.78, 5) is 29.3. The van der Waals surface area contributed by atoms with Gasteiger partial charge in [0.2, 0.25) is 6.41 Å². The smallest absolute Gasteiger partial charge is 0.211 e. The Bertz CT molecular complexity index is 1290. The number of nitrogens with one attached hydrogen (secondary N) is 4. The van der Waals surface area contributed by atoms with Crippen LogP contribution in [0.4, 0.5) is 22.7 Å². The first-order valence-electron chi connectivity index (χ1n) is 12.1. The number of amides is 1. The summed E-state index contributed by atoms with van der Waals surface area (Å²) in [6.07, 6.45) is 7.71. The molecule has 2 aliphatic heterocycles. The molecule has 4 aromatic rings. The summed E-state index contributed by atoms with van der Waals surface area (Å²) in [7, 11) is 1.92. The van der Waals surface area contributed by atoms with E-state index in [4.69, 9.17) is 9.47 Å². The van der Waals surface area contributed by atoms with E-state index in [2.05, 4.69) is 46.4 Å². The van der Waals surface area contributed by atoms with Crippen LogP contribution in [-0.2, 0) is 17.9 Å². The van der Waals surface area contributed by atoms with Crippen molar-refractivity contribution in [1.82, 2.24) is 19.9 Å². The SMILES string of the molecule is C.C.CNc1ccc2c(c1)N(Cc1cnc[nH]1)CCO2.O=CNc1ccc2c(c1)N(Cc1cnc[nH]1)CCO2. The second-order valence-corrected chi connectivity index (χ2v) is 8.57. The molecule has 2 aliphatic rings. The van der Waals surface area contributed by atoms with Crippen LogP contribution in [0.25, 0.3) is 0 Å². The largest absolute Gasteiger partial charge is 0.490 e. The third-order valence-electron chi connectivity index (χ3n) is 6.18. The van der Waals surface area contributed by atoms with Gasteiger partial charge in [0, 0.05) is 30.8 Å². The van der Waals surface area contributed by atoms with E-state index in [-0.39, 0.29) is 14.9 Å². The molecule has 11 nitrogen and oxygen atoms in total. The van der Waals surface area contributed by atoms with Gasteiger partial charge in [-0.1, -0.05) is 14.9 Å². The van der Waals surface area contributed by atoms with E-state index >= 15 is 0 Å². The highest BCUT2D eigenvalue weighted by Crippen LogP contribution is 2.35. The molecule has 2 aromatic heterocycles. The van der Waals surface area contributed by atoms with Crippen molar-refractivity contribution < 1.29 is 14.3 Å². The molecule has 1 amide bonds. The van der Waals surface area contributed by atoms with E-state index in [9.17, 15) is 4.79 Å². The molecule has 39 heavy (non-hydrogen) atoms. The fourth-order valence-electron chi connectivity index (χ4n) is 4.34. The number of H-pyrrole nitrogens is 2. The maximum Gasteiger partial charge on any atom is 0.211 e. The van der Waals surface area contributed by atoms with Gasteiger partial charge in [-0.25, -0.2) is 9.97 Å². The van der Waals surface area contributed by atoms with Crippen LogP contribution in [0.3, 0.4) is 0 Å². The second-order valence-electron chi connectivity index (χ2n) is 8.57. The van der Waals surface area contributed by atoms with Gasteiger partial charge in [0.25, 0.3) is 0 Å². The van der Waals surface area contributed by atoms with E-state index in [0.717, 1.165) is 78.4 Å². The molecule has 11 heteroatoms. The minimum atomic E-state index is 0. The highest BCUT2D eigenvalue weighted by molar-refractivity contribution is 5.76. The van der Waals surface area contributed by atoms with Crippen LogP contribution >= 0.6 is 0 Å². The van der Waals surface area contributed by atoms with Crippen molar-refractivity contribution in [3.8, 4) is 11.5 Å². The minimum Gasteiger partial charge on any atom is -0.490 e. The van der Waals surface area contributed by atoms with Crippen LogP contribution in [0, 0.1) is 0 Å². The predicted octanol–water partition coefficient (Wildman–Crippen LogP) is 4.50. The lowest BCUT2D eigenvalue weighted by Crippen LogP contribution is -2.32. The summed E-state index contributed by atoms with van der Waals surface area (Å²) in [5, 5.41) is 5.81. The van der Waals surface area contributed by atoms with Crippen molar-refractivity contribution in [2.45, 2.75) is 27.9 Å². The molecule has 208 valence electrons. The highest BCUT2D eigenvalue weighted by Gasteiger charge is 2.20. The number of aromatic nitrogens is 4. The third-order valence-corrected chi connectivity index (χ3v) is 6.18. The molecule has 4 heterocycles. The summed E-state index contributed by atoms with van der Waals surface area (Å²) in [6.45, 7) is 4.63. The second kappa shape index (κ2) is 13.8. The molecule has 0 unspecified atom stereocenters. The van der Waals surface area contributed by atoms with Crippen LogP contribution in [0.1, 0.15) is 26.2 Å². The van der Waals surface area contributed by atoms with E-state index in [0.29, 0.717) is 13.0 Å². The Balaban J connectivity index is 0.000000205. The Hall–Kier alpha value is -4.67. The van der Waals surface area contributed by atoms with Crippen LogP contribution in [0.2, 0.25) is 0 Å². The normalized spacial score (nSPS) is 13.1. The van der Waals surface area contributed by atoms with Crippen LogP contribution in [0.15, 0.2) is 61.4 Å². The lowest BCUT2D eigenvalue weighted by atomic mass is 10.2. The first-order valence-corrected chi connectivity index (χ1v) is 12.1. The molecule has 0 atom stereocenters. The highest BCUT2D eigenvalue weighted by atomic mass is 16.5. The van der Waals surface area contributed by atoms with Crippen molar-refractivity contribution in [3.63, 3.8) is 0 Å². The number of benzene rings is 2. The van der Waals surface area contributed by atoms with Crippen LogP contribution < -0.4 is 29.9 Å². The number of imidazole rings is 2. The Morgan fingerprint density at radius 3 is 1.82 bits per heavy atom. The number of aromatic amines is 2. The van der Waals surface area contributed by atoms with Crippen molar-refractivity contribution in [2.24, 2.45) is 0 Å². The summed E-state index contributed by atoms with van der Waals surface area (Å²) in [5.41, 5.74) is 6.11. The lowest BCUT2D eigenvalue weighted by Gasteiger charge is -2.31. The minimum absolute atomic E-state index is 0. The molecule has 2 aromatic carbocycles. The number of nitrogens with zero attached hydrogens (tertiary/aromatic N) is 4. The Kier molecular flexibility index (Phi) is 10.2. The van der Waals surface area contributed by atoms with Gasteiger partial charge in [-0.05, 0) is 36.4 Å². The zero-order valence-electron chi connectivity index (χ0n) is 20.6. The topological polar surface area (TPSA) is 123 Å². The fourth-order valence-corrected chi connectivity index (χ4v) is 4.34. The van der Waals surface area contributed by atoms with Gasteiger partial charge in [0.15, 0.2) is 0 Å². The number of carbonyl (C=O) groups excluding carboxylic acids is 1. The third kappa shape index (κ3) is 7.01. The van der Waals surface area contributed by atoms with E-state index in [1.807, 2.05) is 49.8 Å². The predicted molar refractivity (Wildman–Crippen MR) is 156 cm³/mol. The Labute approximate surface area is 229 Å². The lowest BCUT2D eigenvalue weighted by molar-refractivity contribution is -0.105. The molecule has 0 fully saturated rings.